The molecule has 0 amide bonds. The van der Waals surface area contributed by atoms with E-state index in [2.05, 4.69) is 28.1 Å². The van der Waals surface area contributed by atoms with E-state index in [1.54, 1.807) is 0 Å². The second-order valence-corrected chi connectivity index (χ2v) is 7.12. The van der Waals surface area contributed by atoms with Crippen LogP contribution < -0.4 is 15.0 Å². The standard InChI is InChI=1S/C20H24ClN3OS/c1-3-25-18-8-6-17(7-9-18)22-20(26)24-12-10-23(11-13-24)19-14-16(21)5-4-15(19)2/h4-9,14H,3,10-13H2,1-2H3,(H,22,26). The van der Waals surface area contributed by atoms with Crippen molar-refractivity contribution in [2.24, 2.45) is 0 Å². The maximum Gasteiger partial charge on any atom is 0.173 e. The first-order valence-electron chi connectivity index (χ1n) is 8.86. The predicted molar refractivity (Wildman–Crippen MR) is 114 cm³/mol. The Morgan fingerprint density at radius 3 is 2.46 bits per heavy atom. The molecule has 4 nitrogen and oxygen atoms in total. The minimum absolute atomic E-state index is 0.668. The fourth-order valence-electron chi connectivity index (χ4n) is 3.08. The quantitative estimate of drug-likeness (QED) is 0.773. The third-order valence-electron chi connectivity index (χ3n) is 4.50. The summed E-state index contributed by atoms with van der Waals surface area (Å²) in [5, 5.41) is 4.86. The molecule has 0 spiro atoms. The molecule has 0 aromatic heterocycles. The number of hydrogen-bond acceptors (Lipinski definition) is 3. The molecule has 1 saturated heterocycles. The van der Waals surface area contributed by atoms with E-state index in [0.29, 0.717) is 6.61 Å². The number of benzene rings is 2. The molecule has 1 fully saturated rings. The third kappa shape index (κ3) is 4.59. The van der Waals surface area contributed by atoms with Gasteiger partial charge in [-0.3, -0.25) is 0 Å². The second-order valence-electron chi connectivity index (χ2n) is 6.29. The molecule has 1 N–H and O–H groups in total. The lowest BCUT2D eigenvalue weighted by Gasteiger charge is -2.38. The zero-order chi connectivity index (χ0) is 18.5. The van der Waals surface area contributed by atoms with Crippen LogP contribution in [0.3, 0.4) is 0 Å². The number of nitrogens with one attached hydrogen (secondary N) is 1. The van der Waals surface area contributed by atoms with Gasteiger partial charge in [-0.15, -0.1) is 0 Å². The summed E-state index contributed by atoms with van der Waals surface area (Å²) in [7, 11) is 0. The van der Waals surface area contributed by atoms with Gasteiger partial charge in [0.25, 0.3) is 0 Å². The van der Waals surface area contributed by atoms with Crippen LogP contribution in [0, 0.1) is 6.92 Å². The Labute approximate surface area is 165 Å². The summed E-state index contributed by atoms with van der Waals surface area (Å²) in [6, 6.07) is 13.9. The molecule has 0 unspecified atom stereocenters. The van der Waals surface area contributed by atoms with Crippen molar-refractivity contribution in [2.45, 2.75) is 13.8 Å². The lowest BCUT2D eigenvalue weighted by Crippen LogP contribution is -2.50. The number of rotatable bonds is 4. The Balaban J connectivity index is 1.55. The van der Waals surface area contributed by atoms with Gasteiger partial charge in [-0.1, -0.05) is 17.7 Å². The molecule has 1 aliphatic heterocycles. The van der Waals surface area contributed by atoms with E-state index in [1.165, 1.54) is 11.3 Å². The Kier molecular flexibility index (Phi) is 6.22. The second kappa shape index (κ2) is 8.60. The molecule has 3 rings (SSSR count). The van der Waals surface area contributed by atoms with Crippen LogP contribution in [-0.2, 0) is 0 Å². The van der Waals surface area contributed by atoms with Crippen molar-refractivity contribution in [3.8, 4) is 5.75 Å². The van der Waals surface area contributed by atoms with Crippen molar-refractivity contribution in [3.05, 3.63) is 53.1 Å². The molecule has 0 aliphatic carbocycles. The number of piperazine rings is 1. The molecular weight excluding hydrogens is 366 g/mol. The number of ether oxygens (including phenoxy) is 1. The van der Waals surface area contributed by atoms with Gasteiger partial charge in [-0.25, -0.2) is 0 Å². The van der Waals surface area contributed by atoms with Gasteiger partial charge in [0, 0.05) is 42.6 Å². The normalized spacial score (nSPS) is 14.3. The van der Waals surface area contributed by atoms with Crippen LogP contribution in [0.5, 0.6) is 5.75 Å². The van der Waals surface area contributed by atoms with Gasteiger partial charge in [-0.2, -0.15) is 0 Å². The van der Waals surface area contributed by atoms with Crippen molar-refractivity contribution in [1.29, 1.82) is 0 Å². The molecule has 26 heavy (non-hydrogen) atoms. The first kappa shape index (κ1) is 18.8. The molecule has 2 aromatic carbocycles. The molecule has 2 aromatic rings. The van der Waals surface area contributed by atoms with E-state index in [9.17, 15) is 0 Å². The molecule has 0 bridgehead atoms. The third-order valence-corrected chi connectivity index (χ3v) is 5.09. The highest BCUT2D eigenvalue weighted by Gasteiger charge is 2.20. The number of aryl methyl sites for hydroxylation is 1. The van der Waals surface area contributed by atoms with Crippen molar-refractivity contribution >= 4 is 40.3 Å². The van der Waals surface area contributed by atoms with Crippen LogP contribution in [0.15, 0.2) is 42.5 Å². The lowest BCUT2D eigenvalue weighted by atomic mass is 10.1. The molecule has 1 heterocycles. The smallest absolute Gasteiger partial charge is 0.173 e. The maximum absolute atomic E-state index is 6.16. The van der Waals surface area contributed by atoms with Crippen LogP contribution >= 0.6 is 23.8 Å². The maximum atomic E-state index is 6.16. The van der Waals surface area contributed by atoms with Crippen molar-refractivity contribution in [1.82, 2.24) is 4.90 Å². The Morgan fingerprint density at radius 2 is 1.81 bits per heavy atom. The molecule has 138 valence electrons. The minimum atomic E-state index is 0.668. The van der Waals surface area contributed by atoms with E-state index in [1.807, 2.05) is 43.3 Å². The van der Waals surface area contributed by atoms with Crippen LogP contribution in [0.2, 0.25) is 5.02 Å². The summed E-state index contributed by atoms with van der Waals surface area (Å²) in [4.78, 5) is 4.58. The monoisotopic (exact) mass is 389 g/mol. The largest absolute Gasteiger partial charge is 0.494 e. The zero-order valence-electron chi connectivity index (χ0n) is 15.2. The van der Waals surface area contributed by atoms with E-state index in [4.69, 9.17) is 28.6 Å². The molecule has 0 atom stereocenters. The highest BCUT2D eigenvalue weighted by atomic mass is 35.5. The van der Waals surface area contributed by atoms with Crippen molar-refractivity contribution < 1.29 is 4.74 Å². The summed E-state index contributed by atoms with van der Waals surface area (Å²) in [6.07, 6.45) is 0. The Hall–Kier alpha value is -1.98. The van der Waals surface area contributed by atoms with Crippen LogP contribution in [0.25, 0.3) is 0 Å². The van der Waals surface area contributed by atoms with Gasteiger partial charge in [0.15, 0.2) is 5.11 Å². The first-order chi connectivity index (χ1) is 12.6. The van der Waals surface area contributed by atoms with Gasteiger partial charge >= 0.3 is 0 Å². The van der Waals surface area contributed by atoms with E-state index in [-0.39, 0.29) is 0 Å². The summed E-state index contributed by atoms with van der Waals surface area (Å²) in [5.41, 5.74) is 3.44. The number of anilines is 2. The SMILES string of the molecule is CCOc1ccc(NC(=S)N2CCN(c3cc(Cl)ccc3C)CC2)cc1. The summed E-state index contributed by atoms with van der Waals surface area (Å²) in [5.74, 6) is 0.870. The molecule has 1 aliphatic rings. The highest BCUT2D eigenvalue weighted by molar-refractivity contribution is 7.80. The van der Waals surface area contributed by atoms with Gasteiger partial charge < -0.3 is 19.9 Å². The van der Waals surface area contributed by atoms with E-state index in [0.717, 1.165) is 47.8 Å². The zero-order valence-corrected chi connectivity index (χ0v) is 16.7. The van der Waals surface area contributed by atoms with Crippen LogP contribution in [0.4, 0.5) is 11.4 Å². The van der Waals surface area contributed by atoms with E-state index < -0.39 is 0 Å². The molecular formula is C20H24ClN3OS. The van der Waals surface area contributed by atoms with Crippen LogP contribution in [-0.4, -0.2) is 42.8 Å². The van der Waals surface area contributed by atoms with Gasteiger partial charge in [-0.05, 0) is 68.0 Å². The topological polar surface area (TPSA) is 27.7 Å². The molecule has 0 radical (unpaired) electrons. The van der Waals surface area contributed by atoms with Gasteiger partial charge in [0.1, 0.15) is 5.75 Å². The fourth-order valence-corrected chi connectivity index (χ4v) is 3.54. The minimum Gasteiger partial charge on any atom is -0.494 e. The highest BCUT2D eigenvalue weighted by Crippen LogP contribution is 2.25. The summed E-state index contributed by atoms with van der Waals surface area (Å²) < 4.78 is 5.47. The molecule has 0 saturated carbocycles. The number of halogens is 1. The fraction of sp³-hybridized carbons (Fsp3) is 0.350. The van der Waals surface area contributed by atoms with E-state index >= 15 is 0 Å². The molecule has 6 heteroatoms. The number of hydrogen-bond donors (Lipinski definition) is 1. The lowest BCUT2D eigenvalue weighted by molar-refractivity contribution is 0.340. The Bertz CT molecular complexity index is 758. The average Bonchev–Trinajstić information content (AvgIpc) is 2.66. The van der Waals surface area contributed by atoms with Crippen molar-refractivity contribution in [3.63, 3.8) is 0 Å². The number of nitrogens with zero attached hydrogens (tertiary/aromatic N) is 2. The number of thiocarbonyl (C=S) groups is 1. The summed E-state index contributed by atoms with van der Waals surface area (Å²) >= 11 is 11.7. The Morgan fingerprint density at radius 1 is 1.12 bits per heavy atom. The van der Waals surface area contributed by atoms with Gasteiger partial charge in [0.05, 0.1) is 6.61 Å². The van der Waals surface area contributed by atoms with Gasteiger partial charge in [0.2, 0.25) is 0 Å². The average molecular weight is 390 g/mol. The van der Waals surface area contributed by atoms with Crippen molar-refractivity contribution in [2.75, 3.05) is 43.0 Å². The predicted octanol–water partition coefficient (Wildman–Crippen LogP) is 4.57. The first-order valence-corrected chi connectivity index (χ1v) is 9.65. The van der Waals surface area contributed by atoms with Crippen LogP contribution in [0.1, 0.15) is 12.5 Å². The summed E-state index contributed by atoms with van der Waals surface area (Å²) in [6.45, 7) is 8.38.